The van der Waals surface area contributed by atoms with Gasteiger partial charge >= 0.3 is 0 Å². The van der Waals surface area contributed by atoms with Crippen molar-refractivity contribution in [3.8, 4) is 5.75 Å². The Labute approximate surface area is 106 Å². The van der Waals surface area contributed by atoms with E-state index in [2.05, 4.69) is 5.32 Å². The molecule has 0 saturated heterocycles. The minimum absolute atomic E-state index is 0.0881. The van der Waals surface area contributed by atoms with Gasteiger partial charge in [0, 0.05) is 6.54 Å². The fourth-order valence-corrected chi connectivity index (χ4v) is 1.73. The molecule has 3 nitrogen and oxygen atoms in total. The first-order chi connectivity index (χ1) is 8.70. The van der Waals surface area contributed by atoms with E-state index in [9.17, 15) is 4.39 Å². The average Bonchev–Trinajstić information content (AvgIpc) is 2.90. The molecule has 2 aromatic rings. The summed E-state index contributed by atoms with van der Waals surface area (Å²) < 4.78 is 23.6. The minimum Gasteiger partial charge on any atom is -0.494 e. The molecule has 1 N–H and O–H groups in total. The van der Waals surface area contributed by atoms with Crippen LogP contribution < -0.4 is 10.1 Å². The summed E-state index contributed by atoms with van der Waals surface area (Å²) in [5, 5.41) is 3.26. The normalized spacial score (nSPS) is 12.4. The zero-order valence-corrected chi connectivity index (χ0v) is 10.4. The Morgan fingerprint density at radius 1 is 1.39 bits per heavy atom. The maximum absolute atomic E-state index is 13.5. The standard InChI is InChI=1S/C14H16FNO2/c1-10(13-4-3-7-18-13)16-9-11-5-6-14(17-2)12(15)8-11/h3-8,10,16H,9H2,1-2H3/t10-/m1/s1. The van der Waals surface area contributed by atoms with Gasteiger partial charge in [0.05, 0.1) is 19.4 Å². The van der Waals surface area contributed by atoms with E-state index in [1.54, 1.807) is 12.3 Å². The molecule has 0 amide bonds. The van der Waals surface area contributed by atoms with Crippen molar-refractivity contribution in [2.75, 3.05) is 7.11 Å². The molecule has 0 unspecified atom stereocenters. The topological polar surface area (TPSA) is 34.4 Å². The van der Waals surface area contributed by atoms with Crippen LogP contribution in [0.15, 0.2) is 41.0 Å². The zero-order chi connectivity index (χ0) is 13.0. The molecule has 2 rings (SSSR count). The van der Waals surface area contributed by atoms with Crippen LogP contribution in [0.1, 0.15) is 24.3 Å². The van der Waals surface area contributed by atoms with Crippen LogP contribution in [0.2, 0.25) is 0 Å². The molecule has 0 aliphatic heterocycles. The molecule has 1 heterocycles. The third-order valence-corrected chi connectivity index (χ3v) is 2.80. The van der Waals surface area contributed by atoms with Gasteiger partial charge in [0.1, 0.15) is 5.76 Å². The Morgan fingerprint density at radius 2 is 2.22 bits per heavy atom. The van der Waals surface area contributed by atoms with Crippen LogP contribution >= 0.6 is 0 Å². The molecule has 0 aliphatic carbocycles. The number of halogens is 1. The van der Waals surface area contributed by atoms with Crippen LogP contribution in [0.25, 0.3) is 0 Å². The second-order valence-electron chi connectivity index (χ2n) is 4.09. The molecule has 0 radical (unpaired) electrons. The summed E-state index contributed by atoms with van der Waals surface area (Å²) >= 11 is 0. The predicted octanol–water partition coefficient (Wildman–Crippen LogP) is 3.28. The molecule has 1 atom stereocenters. The monoisotopic (exact) mass is 249 g/mol. The molecular formula is C14H16FNO2. The summed E-state index contributed by atoms with van der Waals surface area (Å²) in [5.41, 5.74) is 0.867. The van der Waals surface area contributed by atoms with E-state index in [4.69, 9.17) is 9.15 Å². The van der Waals surface area contributed by atoms with Crippen LogP contribution in [0.3, 0.4) is 0 Å². The van der Waals surface area contributed by atoms with Gasteiger partial charge in [-0.05, 0) is 36.8 Å². The first-order valence-corrected chi connectivity index (χ1v) is 5.80. The van der Waals surface area contributed by atoms with Crippen LogP contribution in [-0.4, -0.2) is 7.11 Å². The van der Waals surface area contributed by atoms with Gasteiger partial charge in [0.2, 0.25) is 0 Å². The van der Waals surface area contributed by atoms with Crippen molar-refractivity contribution in [3.63, 3.8) is 0 Å². The number of hydrogen-bond acceptors (Lipinski definition) is 3. The number of furan rings is 1. The molecule has 0 spiro atoms. The smallest absolute Gasteiger partial charge is 0.165 e. The van der Waals surface area contributed by atoms with Crippen molar-refractivity contribution in [2.24, 2.45) is 0 Å². The molecule has 0 aliphatic rings. The molecule has 0 saturated carbocycles. The summed E-state index contributed by atoms with van der Waals surface area (Å²) in [6, 6.07) is 8.78. The highest BCUT2D eigenvalue weighted by Crippen LogP contribution is 2.18. The highest BCUT2D eigenvalue weighted by Gasteiger charge is 2.08. The van der Waals surface area contributed by atoms with Gasteiger partial charge in [-0.1, -0.05) is 6.07 Å². The van der Waals surface area contributed by atoms with Crippen LogP contribution in [0, 0.1) is 5.82 Å². The van der Waals surface area contributed by atoms with Gasteiger partial charge in [0.25, 0.3) is 0 Å². The van der Waals surface area contributed by atoms with Crippen molar-refractivity contribution < 1.29 is 13.5 Å². The Balaban J connectivity index is 1.96. The number of benzene rings is 1. The van der Waals surface area contributed by atoms with Gasteiger partial charge < -0.3 is 14.5 Å². The second-order valence-corrected chi connectivity index (χ2v) is 4.09. The zero-order valence-electron chi connectivity index (χ0n) is 10.4. The summed E-state index contributed by atoms with van der Waals surface area (Å²) in [6.45, 7) is 2.57. The van der Waals surface area contributed by atoms with Crippen LogP contribution in [0.4, 0.5) is 4.39 Å². The molecule has 4 heteroatoms. The van der Waals surface area contributed by atoms with E-state index >= 15 is 0 Å². The molecule has 1 aromatic carbocycles. The third-order valence-electron chi connectivity index (χ3n) is 2.80. The number of methoxy groups -OCH3 is 1. The lowest BCUT2D eigenvalue weighted by Gasteiger charge is -2.11. The lowest BCUT2D eigenvalue weighted by molar-refractivity contribution is 0.385. The minimum atomic E-state index is -0.345. The Bertz CT molecular complexity index is 497. The molecule has 0 bridgehead atoms. The van der Waals surface area contributed by atoms with Crippen molar-refractivity contribution in [2.45, 2.75) is 19.5 Å². The Hall–Kier alpha value is -1.81. The van der Waals surface area contributed by atoms with Gasteiger partial charge in [-0.2, -0.15) is 0 Å². The lowest BCUT2D eigenvalue weighted by Crippen LogP contribution is -2.17. The number of ether oxygens (including phenoxy) is 1. The van der Waals surface area contributed by atoms with E-state index in [1.165, 1.54) is 13.2 Å². The molecule has 18 heavy (non-hydrogen) atoms. The first-order valence-electron chi connectivity index (χ1n) is 5.80. The molecule has 96 valence electrons. The van der Waals surface area contributed by atoms with E-state index in [1.807, 2.05) is 25.1 Å². The Morgan fingerprint density at radius 3 is 2.83 bits per heavy atom. The maximum Gasteiger partial charge on any atom is 0.165 e. The summed E-state index contributed by atoms with van der Waals surface area (Å²) in [7, 11) is 1.45. The first kappa shape index (κ1) is 12.6. The average molecular weight is 249 g/mol. The third kappa shape index (κ3) is 2.90. The van der Waals surface area contributed by atoms with Gasteiger partial charge in [-0.3, -0.25) is 0 Å². The lowest BCUT2D eigenvalue weighted by atomic mass is 10.2. The summed E-state index contributed by atoms with van der Waals surface area (Å²) in [6.07, 6.45) is 1.64. The van der Waals surface area contributed by atoms with Crippen molar-refractivity contribution in [1.82, 2.24) is 5.32 Å². The number of hydrogen-bond donors (Lipinski definition) is 1. The van der Waals surface area contributed by atoms with Gasteiger partial charge in [-0.25, -0.2) is 4.39 Å². The van der Waals surface area contributed by atoms with E-state index in [0.29, 0.717) is 6.54 Å². The van der Waals surface area contributed by atoms with Gasteiger partial charge in [-0.15, -0.1) is 0 Å². The van der Waals surface area contributed by atoms with Crippen LogP contribution in [0.5, 0.6) is 5.75 Å². The molecule has 1 aromatic heterocycles. The van der Waals surface area contributed by atoms with Crippen molar-refractivity contribution >= 4 is 0 Å². The fourth-order valence-electron chi connectivity index (χ4n) is 1.73. The number of nitrogens with one attached hydrogen (secondary N) is 1. The maximum atomic E-state index is 13.5. The Kier molecular flexibility index (Phi) is 3.99. The highest BCUT2D eigenvalue weighted by molar-refractivity contribution is 5.29. The number of rotatable bonds is 5. The fraction of sp³-hybridized carbons (Fsp3) is 0.286. The highest BCUT2D eigenvalue weighted by atomic mass is 19.1. The quantitative estimate of drug-likeness (QED) is 0.883. The van der Waals surface area contributed by atoms with Gasteiger partial charge in [0.15, 0.2) is 11.6 Å². The summed E-state index contributed by atoms with van der Waals surface area (Å²) in [5.74, 6) is 0.782. The van der Waals surface area contributed by atoms with E-state index in [-0.39, 0.29) is 17.6 Å². The molecule has 0 fully saturated rings. The summed E-state index contributed by atoms with van der Waals surface area (Å²) in [4.78, 5) is 0. The van der Waals surface area contributed by atoms with E-state index in [0.717, 1.165) is 11.3 Å². The van der Waals surface area contributed by atoms with Crippen molar-refractivity contribution in [3.05, 3.63) is 53.7 Å². The second kappa shape index (κ2) is 5.69. The van der Waals surface area contributed by atoms with E-state index < -0.39 is 0 Å². The molecular weight excluding hydrogens is 233 g/mol. The van der Waals surface area contributed by atoms with Crippen LogP contribution in [-0.2, 0) is 6.54 Å². The van der Waals surface area contributed by atoms with Crippen molar-refractivity contribution in [1.29, 1.82) is 0 Å². The predicted molar refractivity (Wildman–Crippen MR) is 66.9 cm³/mol. The SMILES string of the molecule is COc1ccc(CN[C@H](C)c2ccco2)cc1F. The largest absolute Gasteiger partial charge is 0.494 e.